The Kier molecular flexibility index (Phi) is 4.16. The second-order valence-electron chi connectivity index (χ2n) is 4.79. The zero-order valence-electron chi connectivity index (χ0n) is 10.7. The van der Waals surface area contributed by atoms with Gasteiger partial charge in [-0.05, 0) is 25.0 Å². The number of benzene rings is 1. The first-order valence-corrected chi connectivity index (χ1v) is 8.53. The van der Waals surface area contributed by atoms with Crippen LogP contribution in [0, 0.1) is 0 Å². The summed E-state index contributed by atoms with van der Waals surface area (Å²) < 4.78 is 23.0. The van der Waals surface area contributed by atoms with Gasteiger partial charge in [-0.15, -0.1) is 0 Å². The van der Waals surface area contributed by atoms with Crippen LogP contribution < -0.4 is 0 Å². The molecule has 0 spiro atoms. The van der Waals surface area contributed by atoms with Crippen molar-refractivity contribution >= 4 is 25.6 Å². The zero-order chi connectivity index (χ0) is 14.0. The first-order chi connectivity index (χ1) is 8.91. The SMILES string of the molecule is CN(C(=O)c1ccccc1S(=O)(=O)Cl)C1CCCC1. The first kappa shape index (κ1) is 14.3. The molecule has 0 saturated heterocycles. The molecule has 6 heteroatoms. The van der Waals surface area contributed by atoms with Crippen LogP contribution in [0.2, 0.25) is 0 Å². The third-order valence-electron chi connectivity index (χ3n) is 3.57. The van der Waals surface area contributed by atoms with Gasteiger partial charge in [-0.3, -0.25) is 4.79 Å². The summed E-state index contributed by atoms with van der Waals surface area (Å²) in [5.41, 5.74) is 0.145. The molecular weight excluding hydrogens is 286 g/mol. The Balaban J connectivity index is 2.34. The summed E-state index contributed by atoms with van der Waals surface area (Å²) in [5, 5.41) is 0. The van der Waals surface area contributed by atoms with E-state index in [4.69, 9.17) is 10.7 Å². The number of nitrogens with zero attached hydrogens (tertiary/aromatic N) is 1. The minimum atomic E-state index is -3.91. The minimum absolute atomic E-state index is 0.119. The van der Waals surface area contributed by atoms with Crippen molar-refractivity contribution < 1.29 is 13.2 Å². The lowest BCUT2D eigenvalue weighted by molar-refractivity contribution is 0.0731. The van der Waals surface area contributed by atoms with Crippen molar-refractivity contribution in [3.05, 3.63) is 29.8 Å². The standard InChI is InChI=1S/C13H16ClNO3S/c1-15(10-6-2-3-7-10)13(16)11-8-4-5-9-12(11)19(14,17)18/h4-5,8-10H,2-3,6-7H2,1H3. The van der Waals surface area contributed by atoms with Gasteiger partial charge in [-0.25, -0.2) is 8.42 Å². The zero-order valence-corrected chi connectivity index (χ0v) is 12.2. The van der Waals surface area contributed by atoms with E-state index in [1.807, 2.05) is 0 Å². The largest absolute Gasteiger partial charge is 0.339 e. The van der Waals surface area contributed by atoms with E-state index in [9.17, 15) is 13.2 Å². The number of hydrogen-bond donors (Lipinski definition) is 0. The molecule has 0 unspecified atom stereocenters. The molecule has 1 saturated carbocycles. The molecule has 2 rings (SSSR count). The summed E-state index contributed by atoms with van der Waals surface area (Å²) in [7, 11) is 3.18. The molecule has 4 nitrogen and oxygen atoms in total. The Labute approximate surface area is 117 Å². The number of hydrogen-bond acceptors (Lipinski definition) is 3. The molecule has 0 atom stereocenters. The molecule has 0 aliphatic heterocycles. The molecule has 19 heavy (non-hydrogen) atoms. The quantitative estimate of drug-likeness (QED) is 0.807. The van der Waals surface area contributed by atoms with E-state index in [1.165, 1.54) is 12.1 Å². The van der Waals surface area contributed by atoms with Crippen molar-refractivity contribution in [3.63, 3.8) is 0 Å². The van der Waals surface area contributed by atoms with E-state index in [0.29, 0.717) is 0 Å². The van der Waals surface area contributed by atoms with Crippen LogP contribution in [0.3, 0.4) is 0 Å². The topological polar surface area (TPSA) is 54.5 Å². The highest BCUT2D eigenvalue weighted by molar-refractivity contribution is 8.13. The van der Waals surface area contributed by atoms with Gasteiger partial charge in [0, 0.05) is 23.8 Å². The monoisotopic (exact) mass is 301 g/mol. The molecule has 1 fully saturated rings. The van der Waals surface area contributed by atoms with Crippen LogP contribution >= 0.6 is 10.7 Å². The molecule has 0 N–H and O–H groups in total. The molecule has 1 aliphatic rings. The average molecular weight is 302 g/mol. The number of carbonyl (C=O) groups is 1. The lowest BCUT2D eigenvalue weighted by Gasteiger charge is -2.25. The Morgan fingerprint density at radius 2 is 1.84 bits per heavy atom. The fourth-order valence-electron chi connectivity index (χ4n) is 2.50. The van der Waals surface area contributed by atoms with Gasteiger partial charge in [0.05, 0.1) is 10.5 Å². The van der Waals surface area contributed by atoms with E-state index in [0.717, 1.165) is 25.7 Å². The van der Waals surface area contributed by atoms with Crippen molar-refractivity contribution in [2.75, 3.05) is 7.05 Å². The predicted molar refractivity (Wildman–Crippen MR) is 73.8 cm³/mol. The van der Waals surface area contributed by atoms with Gasteiger partial charge in [0.15, 0.2) is 0 Å². The fourth-order valence-corrected chi connectivity index (χ4v) is 3.57. The second kappa shape index (κ2) is 5.51. The number of rotatable bonds is 3. The van der Waals surface area contributed by atoms with Crippen molar-refractivity contribution in [3.8, 4) is 0 Å². The highest BCUT2D eigenvalue weighted by atomic mass is 35.7. The molecule has 1 aromatic rings. The van der Waals surface area contributed by atoms with Crippen molar-refractivity contribution in [1.82, 2.24) is 4.90 Å². The maximum Gasteiger partial charge on any atom is 0.262 e. The van der Waals surface area contributed by atoms with Crippen LogP contribution in [0.4, 0.5) is 0 Å². The van der Waals surface area contributed by atoms with Gasteiger partial charge in [0.2, 0.25) is 0 Å². The van der Waals surface area contributed by atoms with Crippen molar-refractivity contribution in [1.29, 1.82) is 0 Å². The second-order valence-corrected chi connectivity index (χ2v) is 7.32. The molecule has 1 amide bonds. The van der Waals surface area contributed by atoms with Crippen molar-refractivity contribution in [2.45, 2.75) is 36.6 Å². The number of amides is 1. The number of halogens is 1. The molecule has 0 aromatic heterocycles. The molecule has 1 aromatic carbocycles. The van der Waals surface area contributed by atoms with E-state index in [2.05, 4.69) is 0 Å². The van der Waals surface area contributed by atoms with E-state index < -0.39 is 9.05 Å². The Morgan fingerprint density at radius 1 is 1.26 bits per heavy atom. The van der Waals surface area contributed by atoms with Gasteiger partial charge in [0.25, 0.3) is 15.0 Å². The van der Waals surface area contributed by atoms with Crippen LogP contribution in [0.15, 0.2) is 29.2 Å². The third-order valence-corrected chi connectivity index (χ3v) is 4.95. The highest BCUT2D eigenvalue weighted by Gasteiger charge is 2.27. The normalized spacial score (nSPS) is 16.5. The van der Waals surface area contributed by atoms with Crippen molar-refractivity contribution in [2.24, 2.45) is 0 Å². The molecular formula is C13H16ClNO3S. The van der Waals surface area contributed by atoms with Crippen LogP contribution in [0.25, 0.3) is 0 Å². The molecule has 0 bridgehead atoms. The minimum Gasteiger partial charge on any atom is -0.339 e. The highest BCUT2D eigenvalue weighted by Crippen LogP contribution is 2.26. The fraction of sp³-hybridized carbons (Fsp3) is 0.462. The smallest absolute Gasteiger partial charge is 0.262 e. The van der Waals surface area contributed by atoms with Gasteiger partial charge in [0.1, 0.15) is 0 Å². The summed E-state index contributed by atoms with van der Waals surface area (Å²) in [6.07, 6.45) is 4.16. The maximum absolute atomic E-state index is 12.4. The van der Waals surface area contributed by atoms with E-state index in [-0.39, 0.29) is 22.4 Å². The summed E-state index contributed by atoms with van der Waals surface area (Å²) in [6, 6.07) is 6.25. The molecule has 104 valence electrons. The van der Waals surface area contributed by atoms with E-state index in [1.54, 1.807) is 24.1 Å². The Morgan fingerprint density at radius 3 is 2.42 bits per heavy atom. The summed E-state index contributed by atoms with van der Waals surface area (Å²) in [4.78, 5) is 13.9. The Bertz CT molecular complexity index is 579. The maximum atomic E-state index is 12.4. The summed E-state index contributed by atoms with van der Waals surface area (Å²) in [6.45, 7) is 0. The van der Waals surface area contributed by atoms with Crippen LogP contribution in [0.5, 0.6) is 0 Å². The van der Waals surface area contributed by atoms with Crippen LogP contribution in [-0.4, -0.2) is 32.3 Å². The summed E-state index contributed by atoms with van der Waals surface area (Å²) >= 11 is 0. The predicted octanol–water partition coefficient (Wildman–Crippen LogP) is 2.63. The lowest BCUT2D eigenvalue weighted by Crippen LogP contribution is -2.35. The first-order valence-electron chi connectivity index (χ1n) is 6.22. The van der Waals surface area contributed by atoms with Crippen LogP contribution in [-0.2, 0) is 9.05 Å². The van der Waals surface area contributed by atoms with Gasteiger partial charge >= 0.3 is 0 Å². The molecule has 0 heterocycles. The summed E-state index contributed by atoms with van der Waals surface area (Å²) in [5.74, 6) is -0.285. The average Bonchev–Trinajstić information content (AvgIpc) is 2.90. The third kappa shape index (κ3) is 3.09. The molecule has 1 aliphatic carbocycles. The van der Waals surface area contributed by atoms with Gasteiger partial charge in [-0.1, -0.05) is 25.0 Å². The number of carbonyl (C=O) groups excluding carboxylic acids is 1. The Hall–Kier alpha value is -1.07. The van der Waals surface area contributed by atoms with Crippen LogP contribution in [0.1, 0.15) is 36.0 Å². The molecule has 0 radical (unpaired) electrons. The van der Waals surface area contributed by atoms with E-state index >= 15 is 0 Å². The van der Waals surface area contributed by atoms with Gasteiger partial charge in [-0.2, -0.15) is 0 Å². The lowest BCUT2D eigenvalue weighted by atomic mass is 10.1. The van der Waals surface area contributed by atoms with Gasteiger partial charge < -0.3 is 4.90 Å².